The molecule has 1 N–H and O–H groups in total. The first-order valence-corrected chi connectivity index (χ1v) is 16.1. The maximum atomic E-state index is 13.7. The van der Waals surface area contributed by atoms with Crippen LogP contribution in [0.3, 0.4) is 0 Å². The minimum atomic E-state index is -4.41. The topological polar surface area (TPSA) is 54.4 Å². The lowest BCUT2D eigenvalue weighted by Crippen LogP contribution is -2.13. The van der Waals surface area contributed by atoms with Crippen LogP contribution in [-0.4, -0.2) is 13.0 Å². The van der Waals surface area contributed by atoms with Gasteiger partial charge in [0.1, 0.15) is 10.7 Å². The smallest absolute Gasteiger partial charge is 0.282 e. The van der Waals surface area contributed by atoms with E-state index in [9.17, 15) is 17.4 Å². The van der Waals surface area contributed by atoms with Crippen molar-refractivity contribution in [2.24, 2.45) is 0 Å². The minimum Gasteiger partial charge on any atom is -0.282 e. The average molecular weight is 565 g/mol. The van der Waals surface area contributed by atoms with Crippen molar-refractivity contribution in [3.8, 4) is 0 Å². The Kier molecular flexibility index (Phi) is 9.00. The Bertz CT molecular complexity index is 1530. The lowest BCUT2D eigenvalue weighted by Gasteiger charge is -2.25. The minimum absolute atomic E-state index is 0.0448. The van der Waals surface area contributed by atoms with Gasteiger partial charge in [0.15, 0.2) is 0 Å². The molecule has 206 valence electrons. The van der Waals surface area contributed by atoms with E-state index in [0.29, 0.717) is 17.5 Å². The van der Waals surface area contributed by atoms with Crippen molar-refractivity contribution in [1.29, 1.82) is 0 Å². The van der Waals surface area contributed by atoms with Gasteiger partial charge in [-0.05, 0) is 110 Å². The van der Waals surface area contributed by atoms with Gasteiger partial charge in [0.25, 0.3) is 10.1 Å². The van der Waals surface area contributed by atoms with Gasteiger partial charge in [0.2, 0.25) is 0 Å². The van der Waals surface area contributed by atoms with Gasteiger partial charge in [-0.2, -0.15) is 19.3 Å². The Morgan fingerprint density at radius 3 is 1.90 bits per heavy atom. The maximum absolute atomic E-state index is 13.7. The van der Waals surface area contributed by atoms with Crippen LogP contribution >= 0.6 is 10.9 Å². The standard InChI is InChI=1S/C33H37FO3S2/c1-22(2)26-20-31(23(3)4)33(39(35,36)37)32(21-26)24(5)18-25-10-9-13-30(19-25)38(28-11-7-6-8-12-28)29-16-14-27(34)15-17-29/h6-17,19-24,38H,18H2,1-5H3,(H,35,36,37). The second-order valence-corrected chi connectivity index (χ2v) is 14.3. The van der Waals surface area contributed by atoms with Crippen LogP contribution in [0.4, 0.5) is 4.39 Å². The number of hydrogen-bond acceptors (Lipinski definition) is 2. The van der Waals surface area contributed by atoms with Gasteiger partial charge in [0, 0.05) is 0 Å². The molecule has 4 aromatic rings. The highest BCUT2D eigenvalue weighted by atomic mass is 32.2. The van der Waals surface area contributed by atoms with Crippen molar-refractivity contribution >= 4 is 21.0 Å². The van der Waals surface area contributed by atoms with Gasteiger partial charge in [0.05, 0.1) is 0 Å². The number of halogens is 1. The van der Waals surface area contributed by atoms with Gasteiger partial charge in [-0.1, -0.05) is 77.1 Å². The molecule has 4 aromatic carbocycles. The molecule has 0 heterocycles. The quantitative estimate of drug-likeness (QED) is 0.157. The molecule has 0 amide bonds. The Hall–Kier alpha value is -2.93. The van der Waals surface area contributed by atoms with Gasteiger partial charge in [-0.15, -0.1) is 0 Å². The van der Waals surface area contributed by atoms with Crippen LogP contribution < -0.4 is 0 Å². The van der Waals surface area contributed by atoms with E-state index in [1.54, 1.807) is 0 Å². The van der Waals surface area contributed by atoms with E-state index in [0.717, 1.165) is 20.9 Å². The SMILES string of the molecule is CC(C)c1cc(C(C)C)c(S(=O)(=O)O)c(C(C)Cc2cccc([SH](c3ccccc3)c3ccc(F)cc3)c2)c1. The highest BCUT2D eigenvalue weighted by molar-refractivity contribution is 8.17. The van der Waals surface area contributed by atoms with Crippen molar-refractivity contribution in [2.75, 3.05) is 0 Å². The fraction of sp³-hybridized carbons (Fsp3) is 0.273. The maximum Gasteiger partial charge on any atom is 0.295 e. The molecular weight excluding hydrogens is 527 g/mol. The molecule has 0 bridgehead atoms. The van der Waals surface area contributed by atoms with Crippen LogP contribution in [0.1, 0.15) is 74.6 Å². The molecule has 0 aliphatic carbocycles. The molecule has 0 aliphatic heterocycles. The summed E-state index contributed by atoms with van der Waals surface area (Å²) in [7, 11) is -5.32. The molecule has 39 heavy (non-hydrogen) atoms. The lowest BCUT2D eigenvalue weighted by atomic mass is 9.86. The highest BCUT2D eigenvalue weighted by Crippen LogP contribution is 2.51. The van der Waals surface area contributed by atoms with Gasteiger partial charge in [-0.3, -0.25) is 4.55 Å². The van der Waals surface area contributed by atoms with E-state index >= 15 is 0 Å². The molecule has 6 heteroatoms. The average Bonchev–Trinajstić information content (AvgIpc) is 2.89. The summed E-state index contributed by atoms with van der Waals surface area (Å²) in [5.41, 5.74) is 3.45. The third-order valence-electron chi connectivity index (χ3n) is 7.06. The highest BCUT2D eigenvalue weighted by Gasteiger charge is 2.27. The summed E-state index contributed by atoms with van der Waals surface area (Å²) in [5.74, 6) is -0.247. The molecule has 3 nitrogen and oxygen atoms in total. The Balaban J connectivity index is 1.77. The fourth-order valence-electron chi connectivity index (χ4n) is 5.03. The van der Waals surface area contributed by atoms with Gasteiger partial charge < -0.3 is 0 Å². The summed E-state index contributed by atoms with van der Waals surface area (Å²) in [6, 6.07) is 29.2. The van der Waals surface area contributed by atoms with E-state index in [1.165, 1.54) is 17.0 Å². The van der Waals surface area contributed by atoms with Crippen LogP contribution in [-0.2, 0) is 16.5 Å². The summed E-state index contributed by atoms with van der Waals surface area (Å²) in [6.45, 7) is 10.1. The van der Waals surface area contributed by atoms with Crippen molar-refractivity contribution < 1.29 is 17.4 Å². The first kappa shape index (κ1) is 29.1. The number of hydrogen-bond donors (Lipinski definition) is 2. The summed E-state index contributed by atoms with van der Waals surface area (Å²) in [4.78, 5) is 3.41. The van der Waals surface area contributed by atoms with Crippen molar-refractivity contribution in [2.45, 2.75) is 78.4 Å². The van der Waals surface area contributed by atoms with Crippen LogP contribution in [0.5, 0.6) is 0 Å². The van der Waals surface area contributed by atoms with Crippen molar-refractivity contribution in [1.82, 2.24) is 0 Å². The zero-order valence-electron chi connectivity index (χ0n) is 23.1. The monoisotopic (exact) mass is 564 g/mol. The fourth-order valence-corrected chi connectivity index (χ4v) is 8.52. The Morgan fingerprint density at radius 2 is 1.31 bits per heavy atom. The predicted molar refractivity (Wildman–Crippen MR) is 160 cm³/mol. The van der Waals surface area contributed by atoms with E-state index in [1.807, 2.05) is 69.3 Å². The van der Waals surface area contributed by atoms with Gasteiger partial charge in [-0.25, -0.2) is 4.39 Å². The normalized spacial score (nSPS) is 14.0. The molecular formula is C33H37FO3S2. The molecule has 0 spiro atoms. The molecule has 0 aliphatic rings. The number of thiol groups is 1. The zero-order valence-corrected chi connectivity index (χ0v) is 24.8. The van der Waals surface area contributed by atoms with Crippen LogP contribution in [0.15, 0.2) is 111 Å². The van der Waals surface area contributed by atoms with Crippen LogP contribution in [0.2, 0.25) is 0 Å². The van der Waals surface area contributed by atoms with Gasteiger partial charge >= 0.3 is 0 Å². The largest absolute Gasteiger partial charge is 0.295 e. The van der Waals surface area contributed by atoms with Crippen molar-refractivity contribution in [3.05, 3.63) is 119 Å². The van der Waals surface area contributed by atoms with Crippen molar-refractivity contribution in [3.63, 3.8) is 0 Å². The van der Waals surface area contributed by atoms with E-state index < -0.39 is 21.0 Å². The predicted octanol–water partition coefficient (Wildman–Crippen LogP) is 9.14. The molecule has 0 aromatic heterocycles. The molecule has 2 atom stereocenters. The van der Waals surface area contributed by atoms with Crippen LogP contribution in [0.25, 0.3) is 0 Å². The third-order valence-corrected chi connectivity index (χ3v) is 10.5. The van der Waals surface area contributed by atoms with Crippen LogP contribution in [0, 0.1) is 5.82 Å². The second-order valence-electron chi connectivity index (χ2n) is 10.7. The summed E-state index contributed by atoms with van der Waals surface area (Å²) in [6.07, 6.45) is 0.608. The van der Waals surface area contributed by atoms with E-state index in [4.69, 9.17) is 0 Å². The lowest BCUT2D eigenvalue weighted by molar-refractivity contribution is 0.478. The first-order valence-electron chi connectivity index (χ1n) is 13.3. The molecule has 4 rings (SSSR count). The zero-order chi connectivity index (χ0) is 28.3. The molecule has 0 saturated heterocycles. The Morgan fingerprint density at radius 1 is 0.718 bits per heavy atom. The molecule has 2 unspecified atom stereocenters. The second kappa shape index (κ2) is 12.1. The molecule has 0 radical (unpaired) electrons. The van der Waals surface area contributed by atoms with E-state index in [-0.39, 0.29) is 28.5 Å². The summed E-state index contributed by atoms with van der Waals surface area (Å²) < 4.78 is 49.3. The number of benzene rings is 4. The first-order chi connectivity index (χ1) is 18.5. The molecule has 0 fully saturated rings. The summed E-state index contributed by atoms with van der Waals surface area (Å²) >= 11 is 0. The Labute approximate surface area is 235 Å². The summed E-state index contributed by atoms with van der Waals surface area (Å²) in [5, 5.41) is 0. The third kappa shape index (κ3) is 6.81. The molecule has 0 saturated carbocycles. The van der Waals surface area contributed by atoms with E-state index in [2.05, 4.69) is 44.2 Å². The number of rotatable bonds is 9.